The first-order valence-electron chi connectivity index (χ1n) is 9.11. The summed E-state index contributed by atoms with van der Waals surface area (Å²) in [6, 6.07) is 11.3. The molecule has 0 bridgehead atoms. The molecule has 1 aliphatic heterocycles. The summed E-state index contributed by atoms with van der Waals surface area (Å²) in [5, 5.41) is 2.70. The SMILES string of the molecule is COc1ccc(S(=O)(=O)N2CCCC[C@H]2CC(=O)Nc2ccc(F)cc2)cc1. The van der Waals surface area contributed by atoms with Gasteiger partial charge in [0.25, 0.3) is 0 Å². The maximum Gasteiger partial charge on any atom is 0.243 e. The Morgan fingerprint density at radius 3 is 2.46 bits per heavy atom. The van der Waals surface area contributed by atoms with Crippen molar-refractivity contribution in [2.75, 3.05) is 19.0 Å². The van der Waals surface area contributed by atoms with Crippen molar-refractivity contribution < 1.29 is 22.3 Å². The fourth-order valence-electron chi connectivity index (χ4n) is 3.34. The van der Waals surface area contributed by atoms with Gasteiger partial charge < -0.3 is 10.1 Å². The lowest BCUT2D eigenvalue weighted by Gasteiger charge is -2.34. The Labute approximate surface area is 164 Å². The van der Waals surface area contributed by atoms with Gasteiger partial charge in [0.05, 0.1) is 12.0 Å². The smallest absolute Gasteiger partial charge is 0.243 e. The molecule has 1 amide bonds. The van der Waals surface area contributed by atoms with Crippen LogP contribution in [0.2, 0.25) is 0 Å². The minimum absolute atomic E-state index is 0.0484. The molecule has 1 aliphatic rings. The Morgan fingerprint density at radius 1 is 1.14 bits per heavy atom. The van der Waals surface area contributed by atoms with E-state index in [-0.39, 0.29) is 23.0 Å². The van der Waals surface area contributed by atoms with Gasteiger partial charge >= 0.3 is 0 Å². The number of nitrogens with zero attached hydrogens (tertiary/aromatic N) is 1. The summed E-state index contributed by atoms with van der Waals surface area (Å²) in [7, 11) is -2.19. The molecule has 6 nitrogen and oxygen atoms in total. The van der Waals surface area contributed by atoms with E-state index in [2.05, 4.69) is 5.32 Å². The number of ether oxygens (including phenoxy) is 1. The summed E-state index contributed by atoms with van der Waals surface area (Å²) < 4.78 is 45.7. The van der Waals surface area contributed by atoms with Crippen LogP contribution in [0.25, 0.3) is 0 Å². The Morgan fingerprint density at radius 2 is 1.82 bits per heavy atom. The normalized spacial score (nSPS) is 17.9. The number of nitrogens with one attached hydrogen (secondary N) is 1. The standard InChI is InChI=1S/C20H23FN2O4S/c1-27-18-9-11-19(12-10-18)28(25,26)23-13-3-2-4-17(23)14-20(24)22-16-7-5-15(21)6-8-16/h5-12,17H,2-4,13-14H2,1H3,(H,22,24)/t17-/m0/s1. The predicted octanol–water partition coefficient (Wildman–Crippen LogP) is 3.41. The molecule has 1 fully saturated rings. The van der Waals surface area contributed by atoms with Crippen LogP contribution in [-0.2, 0) is 14.8 Å². The van der Waals surface area contributed by atoms with E-state index in [0.29, 0.717) is 24.4 Å². The zero-order valence-corrected chi connectivity index (χ0v) is 16.4. The van der Waals surface area contributed by atoms with Crippen LogP contribution in [-0.4, -0.2) is 38.3 Å². The highest BCUT2D eigenvalue weighted by molar-refractivity contribution is 7.89. The van der Waals surface area contributed by atoms with Crippen LogP contribution in [0.5, 0.6) is 5.75 Å². The number of piperidine rings is 1. The molecule has 1 N–H and O–H groups in total. The van der Waals surface area contributed by atoms with Gasteiger partial charge in [0, 0.05) is 24.7 Å². The second kappa shape index (κ2) is 8.70. The molecule has 1 atom stereocenters. The van der Waals surface area contributed by atoms with Crippen molar-refractivity contribution in [1.82, 2.24) is 4.31 Å². The first-order chi connectivity index (χ1) is 13.4. The van der Waals surface area contributed by atoms with E-state index in [9.17, 15) is 17.6 Å². The number of amides is 1. The molecule has 8 heteroatoms. The van der Waals surface area contributed by atoms with E-state index in [4.69, 9.17) is 4.74 Å². The summed E-state index contributed by atoms with van der Waals surface area (Å²) in [5.74, 6) is -0.108. The zero-order valence-electron chi connectivity index (χ0n) is 15.6. The van der Waals surface area contributed by atoms with Gasteiger partial charge in [-0.25, -0.2) is 12.8 Å². The number of anilines is 1. The van der Waals surface area contributed by atoms with E-state index in [1.165, 1.54) is 47.8 Å². The molecule has 0 unspecified atom stereocenters. The van der Waals surface area contributed by atoms with E-state index in [1.807, 2.05) is 0 Å². The summed E-state index contributed by atoms with van der Waals surface area (Å²) in [6.07, 6.45) is 2.29. The summed E-state index contributed by atoms with van der Waals surface area (Å²) in [4.78, 5) is 12.6. The van der Waals surface area contributed by atoms with Gasteiger partial charge in [0.1, 0.15) is 11.6 Å². The number of carbonyl (C=O) groups excluding carboxylic acids is 1. The summed E-state index contributed by atoms with van der Waals surface area (Å²) >= 11 is 0. The third-order valence-corrected chi connectivity index (χ3v) is 6.75. The fourth-order valence-corrected chi connectivity index (χ4v) is 5.03. The first-order valence-corrected chi connectivity index (χ1v) is 10.6. The maximum absolute atomic E-state index is 13.1. The van der Waals surface area contributed by atoms with Crippen molar-refractivity contribution in [2.24, 2.45) is 0 Å². The minimum Gasteiger partial charge on any atom is -0.497 e. The molecule has 0 saturated carbocycles. The topological polar surface area (TPSA) is 75.7 Å². The summed E-state index contributed by atoms with van der Waals surface area (Å²) in [6.45, 7) is 0.378. The predicted molar refractivity (Wildman–Crippen MR) is 104 cm³/mol. The second-order valence-corrected chi connectivity index (χ2v) is 8.59. The molecule has 0 radical (unpaired) electrons. The average molecular weight is 406 g/mol. The molecule has 28 heavy (non-hydrogen) atoms. The van der Waals surface area contributed by atoms with Gasteiger partial charge in [0.15, 0.2) is 0 Å². The molecule has 0 aliphatic carbocycles. The minimum atomic E-state index is -3.71. The third-order valence-electron chi connectivity index (χ3n) is 4.79. The van der Waals surface area contributed by atoms with E-state index in [1.54, 1.807) is 12.1 Å². The quantitative estimate of drug-likeness (QED) is 0.798. The van der Waals surface area contributed by atoms with Crippen molar-refractivity contribution in [3.63, 3.8) is 0 Å². The van der Waals surface area contributed by atoms with Gasteiger partial charge in [-0.2, -0.15) is 4.31 Å². The lowest BCUT2D eigenvalue weighted by Crippen LogP contribution is -2.45. The largest absolute Gasteiger partial charge is 0.497 e. The number of rotatable bonds is 6. The van der Waals surface area contributed by atoms with Crippen LogP contribution < -0.4 is 10.1 Å². The number of sulfonamides is 1. The Kier molecular flexibility index (Phi) is 6.31. The van der Waals surface area contributed by atoms with Crippen LogP contribution in [0.3, 0.4) is 0 Å². The number of halogens is 1. The Balaban J connectivity index is 1.73. The van der Waals surface area contributed by atoms with E-state index in [0.717, 1.165) is 12.8 Å². The molecular formula is C20H23FN2O4S. The second-order valence-electron chi connectivity index (χ2n) is 6.70. The van der Waals surface area contributed by atoms with Crippen molar-refractivity contribution >= 4 is 21.6 Å². The molecule has 0 spiro atoms. The van der Waals surface area contributed by atoms with Crippen molar-refractivity contribution in [3.8, 4) is 5.75 Å². The fraction of sp³-hybridized carbons (Fsp3) is 0.350. The highest BCUT2D eigenvalue weighted by atomic mass is 32.2. The lowest BCUT2D eigenvalue weighted by atomic mass is 10.0. The number of carbonyl (C=O) groups is 1. The van der Waals surface area contributed by atoms with Crippen molar-refractivity contribution in [3.05, 3.63) is 54.3 Å². The molecule has 0 aromatic heterocycles. The van der Waals surface area contributed by atoms with Crippen LogP contribution >= 0.6 is 0 Å². The van der Waals surface area contributed by atoms with E-state index >= 15 is 0 Å². The molecular weight excluding hydrogens is 383 g/mol. The molecule has 1 heterocycles. The Hall–Kier alpha value is -2.45. The molecule has 1 saturated heterocycles. The summed E-state index contributed by atoms with van der Waals surface area (Å²) in [5.41, 5.74) is 0.478. The van der Waals surface area contributed by atoms with Gasteiger partial charge in [-0.05, 0) is 61.4 Å². The molecule has 2 aromatic carbocycles. The van der Waals surface area contributed by atoms with Crippen LogP contribution in [0.1, 0.15) is 25.7 Å². The van der Waals surface area contributed by atoms with Gasteiger partial charge in [-0.1, -0.05) is 6.42 Å². The molecule has 3 rings (SSSR count). The van der Waals surface area contributed by atoms with Crippen LogP contribution in [0.4, 0.5) is 10.1 Å². The lowest BCUT2D eigenvalue weighted by molar-refractivity contribution is -0.117. The van der Waals surface area contributed by atoms with Crippen molar-refractivity contribution in [1.29, 1.82) is 0 Å². The highest BCUT2D eigenvalue weighted by Gasteiger charge is 2.34. The van der Waals surface area contributed by atoms with Crippen LogP contribution in [0, 0.1) is 5.82 Å². The maximum atomic E-state index is 13.1. The monoisotopic (exact) mass is 406 g/mol. The van der Waals surface area contributed by atoms with Crippen LogP contribution in [0.15, 0.2) is 53.4 Å². The average Bonchev–Trinajstić information content (AvgIpc) is 2.70. The first kappa shape index (κ1) is 20.3. The van der Waals surface area contributed by atoms with Gasteiger partial charge in [-0.15, -0.1) is 0 Å². The number of hydrogen-bond acceptors (Lipinski definition) is 4. The zero-order chi connectivity index (χ0) is 20.1. The number of benzene rings is 2. The Bertz CT molecular complexity index is 914. The van der Waals surface area contributed by atoms with Gasteiger partial charge in [0.2, 0.25) is 15.9 Å². The molecule has 2 aromatic rings. The van der Waals surface area contributed by atoms with E-state index < -0.39 is 16.1 Å². The molecule has 150 valence electrons. The van der Waals surface area contributed by atoms with Gasteiger partial charge in [-0.3, -0.25) is 4.79 Å². The third kappa shape index (κ3) is 4.69. The highest BCUT2D eigenvalue weighted by Crippen LogP contribution is 2.28. The van der Waals surface area contributed by atoms with Crippen molar-refractivity contribution in [2.45, 2.75) is 36.6 Å². The number of hydrogen-bond donors (Lipinski definition) is 1. The number of methoxy groups -OCH3 is 1.